The van der Waals surface area contributed by atoms with E-state index in [0.29, 0.717) is 30.0 Å². The van der Waals surface area contributed by atoms with Gasteiger partial charge in [0.05, 0.1) is 31.0 Å². The molecule has 0 bridgehead atoms. The second-order valence-corrected chi connectivity index (χ2v) is 9.43. The minimum Gasteiger partial charge on any atom is -0.497 e. The number of ether oxygens (including phenoxy) is 1. The van der Waals surface area contributed by atoms with Gasteiger partial charge in [0.15, 0.2) is 0 Å². The van der Waals surface area contributed by atoms with Gasteiger partial charge in [-0.15, -0.1) is 0 Å². The Balaban J connectivity index is 1.51. The van der Waals surface area contributed by atoms with Gasteiger partial charge in [-0.3, -0.25) is 14.5 Å². The molecule has 4 amide bonds. The lowest BCUT2D eigenvalue weighted by Crippen LogP contribution is -2.50. The molecule has 1 saturated heterocycles. The molecule has 0 aromatic heterocycles. The number of likely N-dealkylation sites (N-methyl/N-ethyl adjacent to an activating group) is 1. The van der Waals surface area contributed by atoms with Crippen LogP contribution in [0.4, 0.5) is 4.79 Å². The summed E-state index contributed by atoms with van der Waals surface area (Å²) in [5, 5.41) is 3.01. The fourth-order valence-corrected chi connectivity index (χ4v) is 5.46. The van der Waals surface area contributed by atoms with E-state index in [1.54, 1.807) is 16.9 Å². The van der Waals surface area contributed by atoms with Crippen LogP contribution in [0.3, 0.4) is 0 Å². The minimum absolute atomic E-state index is 0.0205. The third-order valence-electron chi connectivity index (χ3n) is 7.37. The molecular formula is C28H32N4O4. The molecule has 0 saturated carbocycles. The Morgan fingerprint density at radius 2 is 1.75 bits per heavy atom. The van der Waals surface area contributed by atoms with E-state index < -0.39 is 12.1 Å². The number of urea groups is 1. The van der Waals surface area contributed by atoms with Gasteiger partial charge in [-0.05, 0) is 43.0 Å². The Morgan fingerprint density at radius 3 is 2.39 bits per heavy atom. The van der Waals surface area contributed by atoms with Crippen molar-refractivity contribution in [1.82, 2.24) is 20.0 Å². The van der Waals surface area contributed by atoms with E-state index in [0.717, 1.165) is 37.1 Å². The van der Waals surface area contributed by atoms with Crippen LogP contribution >= 0.6 is 0 Å². The van der Waals surface area contributed by atoms with Crippen LogP contribution in [0.25, 0.3) is 0 Å². The highest BCUT2D eigenvalue weighted by molar-refractivity contribution is 6.03. The van der Waals surface area contributed by atoms with Crippen LogP contribution < -0.4 is 10.1 Å². The maximum atomic E-state index is 14.1. The normalized spacial score (nSPS) is 20.5. The Hall–Kier alpha value is -3.81. The standard InChI is InChI=1S/C28H32N4O4/c1-3-31-23-18-32(22(17-19-9-5-4-6-10-19)26(33)30-15-7-8-16-30)27(34)24(23)25(29-28(31)35)20-11-13-21(36-2)14-12-20/h4-6,9-14,22,25H,3,7-8,15-18H2,1-2H3,(H,29,35)/t22-,25+/m1/s1. The first-order valence-corrected chi connectivity index (χ1v) is 12.6. The van der Waals surface area contributed by atoms with Gasteiger partial charge in [-0.2, -0.15) is 0 Å². The molecule has 3 aliphatic heterocycles. The summed E-state index contributed by atoms with van der Waals surface area (Å²) in [5.41, 5.74) is 3.02. The number of rotatable bonds is 7. The van der Waals surface area contributed by atoms with Gasteiger partial charge in [0.1, 0.15) is 11.8 Å². The average Bonchev–Trinajstić information content (AvgIpc) is 3.56. The Kier molecular flexibility index (Phi) is 6.67. The van der Waals surface area contributed by atoms with Gasteiger partial charge in [-0.25, -0.2) is 4.79 Å². The van der Waals surface area contributed by atoms with Crippen LogP contribution in [0.2, 0.25) is 0 Å². The lowest BCUT2D eigenvalue weighted by atomic mass is 9.95. The van der Waals surface area contributed by atoms with Crippen molar-refractivity contribution in [2.24, 2.45) is 0 Å². The van der Waals surface area contributed by atoms with E-state index in [9.17, 15) is 14.4 Å². The van der Waals surface area contributed by atoms with E-state index >= 15 is 0 Å². The largest absolute Gasteiger partial charge is 0.497 e. The summed E-state index contributed by atoms with van der Waals surface area (Å²) in [6, 6.07) is 15.7. The van der Waals surface area contributed by atoms with Gasteiger partial charge < -0.3 is 19.9 Å². The van der Waals surface area contributed by atoms with Crippen molar-refractivity contribution in [1.29, 1.82) is 0 Å². The fourth-order valence-electron chi connectivity index (χ4n) is 5.46. The highest BCUT2D eigenvalue weighted by atomic mass is 16.5. The van der Waals surface area contributed by atoms with Gasteiger partial charge in [-0.1, -0.05) is 42.5 Å². The molecule has 2 atom stereocenters. The number of nitrogens with one attached hydrogen (secondary N) is 1. The summed E-state index contributed by atoms with van der Waals surface area (Å²) in [6.07, 6.45) is 2.39. The summed E-state index contributed by atoms with van der Waals surface area (Å²) < 4.78 is 5.28. The van der Waals surface area contributed by atoms with Gasteiger partial charge >= 0.3 is 6.03 Å². The van der Waals surface area contributed by atoms with E-state index in [1.165, 1.54) is 0 Å². The van der Waals surface area contributed by atoms with E-state index in [-0.39, 0.29) is 24.4 Å². The zero-order valence-electron chi connectivity index (χ0n) is 20.8. The predicted octanol–water partition coefficient (Wildman–Crippen LogP) is 3.11. The van der Waals surface area contributed by atoms with Crippen molar-refractivity contribution in [3.05, 3.63) is 77.0 Å². The Morgan fingerprint density at radius 1 is 1.06 bits per heavy atom. The number of hydrogen-bond donors (Lipinski definition) is 1. The molecule has 1 N–H and O–H groups in total. The molecule has 5 rings (SSSR count). The topological polar surface area (TPSA) is 82.2 Å². The molecule has 2 aromatic rings. The van der Waals surface area contributed by atoms with Crippen molar-refractivity contribution >= 4 is 17.8 Å². The summed E-state index contributed by atoms with van der Waals surface area (Å²) in [6.45, 7) is 4.00. The summed E-state index contributed by atoms with van der Waals surface area (Å²) in [4.78, 5) is 46.0. The molecule has 36 heavy (non-hydrogen) atoms. The molecule has 8 heteroatoms. The number of hydrogen-bond acceptors (Lipinski definition) is 4. The summed E-state index contributed by atoms with van der Waals surface area (Å²) >= 11 is 0. The highest BCUT2D eigenvalue weighted by Crippen LogP contribution is 2.38. The van der Waals surface area contributed by atoms with Crippen molar-refractivity contribution in [2.75, 3.05) is 33.3 Å². The smallest absolute Gasteiger partial charge is 0.322 e. The third-order valence-corrected chi connectivity index (χ3v) is 7.37. The first-order chi connectivity index (χ1) is 17.5. The maximum absolute atomic E-state index is 14.1. The second kappa shape index (κ2) is 10.0. The van der Waals surface area contributed by atoms with Crippen LogP contribution in [-0.4, -0.2) is 71.9 Å². The number of likely N-dealkylation sites (tertiary alicyclic amines) is 1. The van der Waals surface area contributed by atoms with Crippen molar-refractivity contribution in [3.63, 3.8) is 0 Å². The number of methoxy groups -OCH3 is 1. The lowest BCUT2D eigenvalue weighted by Gasteiger charge is -2.33. The molecule has 0 unspecified atom stereocenters. The van der Waals surface area contributed by atoms with Crippen molar-refractivity contribution < 1.29 is 19.1 Å². The Labute approximate surface area is 211 Å². The van der Waals surface area contributed by atoms with Crippen LogP contribution in [0.5, 0.6) is 5.75 Å². The molecular weight excluding hydrogens is 456 g/mol. The summed E-state index contributed by atoms with van der Waals surface area (Å²) in [5.74, 6) is 0.481. The van der Waals surface area contributed by atoms with Gasteiger partial charge in [0, 0.05) is 26.1 Å². The molecule has 8 nitrogen and oxygen atoms in total. The third kappa shape index (κ3) is 4.32. The Bertz CT molecular complexity index is 1170. The number of benzene rings is 2. The molecule has 0 spiro atoms. The first-order valence-electron chi connectivity index (χ1n) is 12.6. The highest BCUT2D eigenvalue weighted by Gasteiger charge is 2.47. The first kappa shape index (κ1) is 23.9. The number of amides is 4. The van der Waals surface area contributed by atoms with Crippen LogP contribution in [0.15, 0.2) is 65.9 Å². The van der Waals surface area contributed by atoms with E-state index in [2.05, 4.69) is 5.32 Å². The predicted molar refractivity (Wildman–Crippen MR) is 135 cm³/mol. The van der Waals surface area contributed by atoms with Gasteiger partial charge in [0.25, 0.3) is 5.91 Å². The zero-order valence-corrected chi connectivity index (χ0v) is 20.8. The van der Waals surface area contributed by atoms with Crippen molar-refractivity contribution in [3.8, 4) is 5.75 Å². The van der Waals surface area contributed by atoms with Crippen LogP contribution in [0.1, 0.15) is 36.9 Å². The van der Waals surface area contributed by atoms with Crippen LogP contribution in [-0.2, 0) is 16.0 Å². The van der Waals surface area contributed by atoms with E-state index in [1.807, 2.05) is 66.4 Å². The molecule has 1 fully saturated rings. The zero-order chi connectivity index (χ0) is 25.2. The second-order valence-electron chi connectivity index (χ2n) is 9.43. The minimum atomic E-state index is -0.631. The maximum Gasteiger partial charge on any atom is 0.322 e. The lowest BCUT2D eigenvalue weighted by molar-refractivity contribution is -0.142. The molecule has 3 aliphatic rings. The van der Waals surface area contributed by atoms with Crippen LogP contribution in [0, 0.1) is 0 Å². The molecule has 0 aliphatic carbocycles. The number of nitrogens with zero attached hydrogens (tertiary/aromatic N) is 3. The van der Waals surface area contributed by atoms with Gasteiger partial charge in [0.2, 0.25) is 5.91 Å². The monoisotopic (exact) mass is 488 g/mol. The molecule has 3 heterocycles. The van der Waals surface area contributed by atoms with E-state index in [4.69, 9.17) is 4.74 Å². The molecule has 188 valence electrons. The SMILES string of the molecule is CCN1C(=O)N[C@@H](c2ccc(OC)cc2)C2=C1CN([C@H](Cc1ccccc1)C(=O)N1CCCC1)C2=O. The summed E-state index contributed by atoms with van der Waals surface area (Å²) in [7, 11) is 1.60. The average molecular weight is 489 g/mol. The number of carbonyl (C=O) groups excluding carboxylic acids is 3. The number of carbonyl (C=O) groups is 3. The fraction of sp³-hybridized carbons (Fsp3) is 0.393. The van der Waals surface area contributed by atoms with Crippen molar-refractivity contribution in [2.45, 2.75) is 38.3 Å². The molecule has 2 aromatic carbocycles. The quantitative estimate of drug-likeness (QED) is 0.649. The molecule has 0 radical (unpaired) electrons.